The number of pyridine rings is 1. The molecule has 5 nitrogen and oxygen atoms in total. The summed E-state index contributed by atoms with van der Waals surface area (Å²) in [7, 11) is 0. The summed E-state index contributed by atoms with van der Waals surface area (Å²) >= 11 is 6.05. The third-order valence-corrected chi connectivity index (χ3v) is 4.46. The number of amides is 1. The Balaban J connectivity index is 1.76. The number of carbonyl (C=O) groups excluding carboxylic acids is 1. The molecule has 2 atom stereocenters. The van der Waals surface area contributed by atoms with Crippen molar-refractivity contribution in [3.8, 4) is 0 Å². The van der Waals surface area contributed by atoms with Crippen LogP contribution in [0.3, 0.4) is 0 Å². The Hall–Kier alpha value is -1.95. The van der Waals surface area contributed by atoms with E-state index in [0.717, 1.165) is 5.56 Å². The summed E-state index contributed by atoms with van der Waals surface area (Å²) in [5.41, 5.74) is 1.20. The van der Waals surface area contributed by atoms with Gasteiger partial charge < -0.3 is 14.7 Å². The predicted molar refractivity (Wildman–Crippen MR) is 90.9 cm³/mol. The average Bonchev–Trinajstić information content (AvgIpc) is 2.63. The number of aliphatic hydroxyl groups is 1. The molecule has 24 heavy (non-hydrogen) atoms. The molecule has 6 heteroatoms. The first-order valence-electron chi connectivity index (χ1n) is 7.89. The molecule has 0 saturated carbocycles. The molecule has 1 aromatic heterocycles. The number of rotatable bonds is 4. The van der Waals surface area contributed by atoms with Crippen LogP contribution in [0.5, 0.6) is 0 Å². The number of aromatic nitrogens is 1. The minimum Gasteiger partial charge on any atom is -0.388 e. The third kappa shape index (κ3) is 3.75. The topological polar surface area (TPSA) is 62.7 Å². The van der Waals surface area contributed by atoms with Crippen molar-refractivity contribution in [2.75, 3.05) is 19.8 Å². The molecule has 1 fully saturated rings. The lowest BCUT2D eigenvalue weighted by Crippen LogP contribution is -2.49. The van der Waals surface area contributed by atoms with Gasteiger partial charge in [0, 0.05) is 19.2 Å². The number of ether oxygens (including phenoxy) is 1. The van der Waals surface area contributed by atoms with E-state index in [2.05, 4.69) is 4.98 Å². The number of halogens is 1. The standard InChI is InChI=1S/C18H19ClN2O3/c19-17-15(7-4-8-20-17)18(23)21-9-10-24-12-14(21)11-16(22)13-5-2-1-3-6-13/h1-8,14,16,22H,9-12H2. The Kier molecular flexibility index (Phi) is 5.45. The SMILES string of the molecule is O=C(c1cccnc1Cl)N1CCOCC1CC(O)c1ccccc1. The van der Waals surface area contributed by atoms with Gasteiger partial charge >= 0.3 is 0 Å². The fraction of sp³-hybridized carbons (Fsp3) is 0.333. The Morgan fingerprint density at radius 2 is 2.12 bits per heavy atom. The number of benzene rings is 1. The van der Waals surface area contributed by atoms with Crippen molar-refractivity contribution in [3.05, 3.63) is 64.9 Å². The highest BCUT2D eigenvalue weighted by Crippen LogP contribution is 2.25. The molecular formula is C18H19ClN2O3. The Morgan fingerprint density at radius 3 is 2.88 bits per heavy atom. The fourth-order valence-electron chi connectivity index (χ4n) is 2.89. The molecule has 2 unspecified atom stereocenters. The maximum absolute atomic E-state index is 12.8. The van der Waals surface area contributed by atoms with Crippen molar-refractivity contribution in [2.24, 2.45) is 0 Å². The molecule has 0 spiro atoms. The van der Waals surface area contributed by atoms with Crippen LogP contribution in [-0.2, 0) is 4.74 Å². The van der Waals surface area contributed by atoms with Gasteiger partial charge in [-0.15, -0.1) is 0 Å². The lowest BCUT2D eigenvalue weighted by molar-refractivity contribution is -0.0174. The molecule has 0 bridgehead atoms. The number of hydrogen-bond donors (Lipinski definition) is 1. The van der Waals surface area contributed by atoms with Gasteiger partial charge in [-0.05, 0) is 17.7 Å². The predicted octanol–water partition coefficient (Wildman–Crippen LogP) is 2.70. The van der Waals surface area contributed by atoms with Crippen molar-refractivity contribution >= 4 is 17.5 Å². The minimum atomic E-state index is -0.655. The summed E-state index contributed by atoms with van der Waals surface area (Å²) in [6.07, 6.45) is 1.31. The van der Waals surface area contributed by atoms with Gasteiger partial charge in [0.1, 0.15) is 5.15 Å². The molecule has 2 heterocycles. The van der Waals surface area contributed by atoms with E-state index in [0.29, 0.717) is 31.7 Å². The zero-order chi connectivity index (χ0) is 16.9. The van der Waals surface area contributed by atoms with E-state index < -0.39 is 6.10 Å². The molecule has 1 saturated heterocycles. The second kappa shape index (κ2) is 7.75. The monoisotopic (exact) mass is 346 g/mol. The van der Waals surface area contributed by atoms with Crippen LogP contribution in [0.15, 0.2) is 48.7 Å². The Bertz CT molecular complexity index is 696. The lowest BCUT2D eigenvalue weighted by Gasteiger charge is -2.36. The zero-order valence-electron chi connectivity index (χ0n) is 13.1. The van der Waals surface area contributed by atoms with Crippen molar-refractivity contribution in [1.29, 1.82) is 0 Å². The summed E-state index contributed by atoms with van der Waals surface area (Å²) in [6.45, 7) is 1.34. The van der Waals surface area contributed by atoms with Crippen LogP contribution < -0.4 is 0 Å². The average molecular weight is 347 g/mol. The Morgan fingerprint density at radius 1 is 1.33 bits per heavy atom. The number of hydrogen-bond acceptors (Lipinski definition) is 4. The summed E-state index contributed by atoms with van der Waals surface area (Å²) in [6, 6.07) is 12.6. The van der Waals surface area contributed by atoms with E-state index in [-0.39, 0.29) is 17.1 Å². The summed E-state index contributed by atoms with van der Waals surface area (Å²) in [4.78, 5) is 18.5. The molecule has 1 aromatic carbocycles. The second-order valence-corrected chi connectivity index (χ2v) is 6.09. The normalized spacial score (nSPS) is 19.1. The van der Waals surface area contributed by atoms with Crippen LogP contribution in [0.4, 0.5) is 0 Å². The highest BCUT2D eigenvalue weighted by molar-refractivity contribution is 6.32. The summed E-state index contributed by atoms with van der Waals surface area (Å²) < 4.78 is 5.51. The number of morpholine rings is 1. The van der Waals surface area contributed by atoms with E-state index in [1.807, 2.05) is 30.3 Å². The van der Waals surface area contributed by atoms with Crippen molar-refractivity contribution in [2.45, 2.75) is 18.6 Å². The molecule has 126 valence electrons. The maximum Gasteiger partial charge on any atom is 0.257 e. The van der Waals surface area contributed by atoms with E-state index in [1.54, 1.807) is 23.2 Å². The van der Waals surface area contributed by atoms with Gasteiger partial charge in [-0.2, -0.15) is 0 Å². The maximum atomic E-state index is 12.8. The van der Waals surface area contributed by atoms with Gasteiger partial charge in [0.25, 0.3) is 5.91 Å². The van der Waals surface area contributed by atoms with E-state index in [1.165, 1.54) is 0 Å². The highest BCUT2D eigenvalue weighted by atomic mass is 35.5. The molecule has 1 N–H and O–H groups in total. The van der Waals surface area contributed by atoms with Crippen LogP contribution in [-0.4, -0.2) is 46.7 Å². The van der Waals surface area contributed by atoms with E-state index in [4.69, 9.17) is 16.3 Å². The van der Waals surface area contributed by atoms with Gasteiger partial charge in [-0.3, -0.25) is 4.79 Å². The number of carbonyl (C=O) groups is 1. The van der Waals surface area contributed by atoms with Gasteiger partial charge in [0.15, 0.2) is 0 Å². The van der Waals surface area contributed by atoms with Gasteiger partial charge in [0.2, 0.25) is 0 Å². The first-order chi connectivity index (χ1) is 11.7. The molecule has 1 aliphatic heterocycles. The molecule has 0 aliphatic carbocycles. The first-order valence-corrected chi connectivity index (χ1v) is 8.27. The smallest absolute Gasteiger partial charge is 0.257 e. The number of aliphatic hydroxyl groups excluding tert-OH is 1. The fourth-order valence-corrected chi connectivity index (χ4v) is 3.09. The van der Waals surface area contributed by atoms with Crippen LogP contribution in [0.1, 0.15) is 28.4 Å². The van der Waals surface area contributed by atoms with Crippen LogP contribution in [0.25, 0.3) is 0 Å². The molecule has 1 amide bonds. The number of nitrogens with zero attached hydrogens (tertiary/aromatic N) is 2. The minimum absolute atomic E-state index is 0.179. The zero-order valence-corrected chi connectivity index (χ0v) is 13.9. The molecule has 0 radical (unpaired) electrons. The molecule has 2 aromatic rings. The van der Waals surface area contributed by atoms with Gasteiger partial charge in [0.05, 0.1) is 30.9 Å². The largest absolute Gasteiger partial charge is 0.388 e. The Labute approximate surface area is 145 Å². The quantitative estimate of drug-likeness (QED) is 0.865. The third-order valence-electron chi connectivity index (χ3n) is 4.16. The van der Waals surface area contributed by atoms with Crippen LogP contribution >= 0.6 is 11.6 Å². The molecule has 3 rings (SSSR count). The highest BCUT2D eigenvalue weighted by Gasteiger charge is 2.31. The van der Waals surface area contributed by atoms with Gasteiger partial charge in [-0.25, -0.2) is 4.98 Å². The lowest BCUT2D eigenvalue weighted by atomic mass is 10.00. The molecular weight excluding hydrogens is 328 g/mol. The summed E-state index contributed by atoms with van der Waals surface area (Å²) in [5, 5.41) is 10.7. The van der Waals surface area contributed by atoms with Crippen molar-refractivity contribution in [3.63, 3.8) is 0 Å². The summed E-state index contributed by atoms with van der Waals surface area (Å²) in [5.74, 6) is -0.179. The second-order valence-electron chi connectivity index (χ2n) is 5.73. The first kappa shape index (κ1) is 16.9. The van der Waals surface area contributed by atoms with E-state index in [9.17, 15) is 9.90 Å². The van der Waals surface area contributed by atoms with E-state index >= 15 is 0 Å². The van der Waals surface area contributed by atoms with Crippen molar-refractivity contribution < 1.29 is 14.6 Å². The molecule has 1 aliphatic rings. The van der Waals surface area contributed by atoms with Gasteiger partial charge in [-0.1, -0.05) is 41.9 Å². The van der Waals surface area contributed by atoms with Crippen LogP contribution in [0.2, 0.25) is 5.15 Å². The van der Waals surface area contributed by atoms with Crippen molar-refractivity contribution in [1.82, 2.24) is 9.88 Å². The van der Waals surface area contributed by atoms with Crippen LogP contribution in [0, 0.1) is 0 Å².